The topological polar surface area (TPSA) is 127 Å². The molecule has 0 aliphatic heterocycles. The third-order valence-corrected chi connectivity index (χ3v) is 4.69. The Morgan fingerprint density at radius 1 is 0.792 bits per heavy atom. The third-order valence-electron chi connectivity index (χ3n) is 3.22. The minimum atomic E-state index is -4.52. The van der Waals surface area contributed by atoms with Crippen LogP contribution in [0.1, 0.15) is 0 Å². The van der Waals surface area contributed by atoms with Crippen LogP contribution in [0, 0.1) is 0 Å². The molecule has 0 radical (unpaired) electrons. The second kappa shape index (κ2) is 8.64. The van der Waals surface area contributed by atoms with Gasteiger partial charge in [-0.2, -0.15) is 0 Å². The van der Waals surface area contributed by atoms with Gasteiger partial charge < -0.3 is 14.6 Å². The van der Waals surface area contributed by atoms with Crippen LogP contribution in [0.5, 0.6) is 0 Å². The summed E-state index contributed by atoms with van der Waals surface area (Å²) in [4.78, 5) is -0.160. The fourth-order valence-corrected chi connectivity index (χ4v) is 3.12. The second-order valence-corrected chi connectivity index (χ2v) is 6.88. The van der Waals surface area contributed by atoms with Crippen LogP contribution < -0.4 is 37.7 Å². The molecule has 0 amide bonds. The number of hydrogen-bond donors (Lipinski definition) is 0. The summed E-state index contributed by atoms with van der Waals surface area (Å²) in [5.41, 5.74) is 0. The Morgan fingerprint density at radius 2 is 1.29 bits per heavy atom. The Balaban J connectivity index is 0.00000176. The van der Waals surface area contributed by atoms with E-state index in [1.807, 2.05) is 6.07 Å². The van der Waals surface area contributed by atoms with E-state index in [0.717, 1.165) is 10.8 Å². The first-order valence-electron chi connectivity index (χ1n) is 5.87. The molecule has 0 spiro atoms. The Labute approximate surface area is 165 Å². The number of fused-ring (bicyclic) bond motifs is 2. The van der Waals surface area contributed by atoms with Crippen LogP contribution >= 0.6 is 0 Å². The van der Waals surface area contributed by atoms with Crippen LogP contribution in [0.15, 0.2) is 58.3 Å². The fraction of sp³-hybridized carbons (Fsp3) is 0. The molecular formula is C14H9Li2O6S2-. The average Bonchev–Trinajstić information content (AvgIpc) is 2.42. The Morgan fingerprint density at radius 3 is 1.83 bits per heavy atom. The molecule has 0 fully saturated rings. The smallest absolute Gasteiger partial charge is 0.870 e. The van der Waals surface area contributed by atoms with Gasteiger partial charge in [-0.1, -0.05) is 12.1 Å². The first kappa shape index (κ1) is 23.4. The van der Waals surface area contributed by atoms with Crippen LogP contribution in [-0.4, -0.2) is 27.2 Å². The van der Waals surface area contributed by atoms with E-state index < -0.39 is 21.2 Å². The van der Waals surface area contributed by atoms with Gasteiger partial charge in [0.05, 0.1) is 4.90 Å². The molecule has 1 atom stereocenters. The van der Waals surface area contributed by atoms with Gasteiger partial charge in [-0.25, -0.2) is 8.42 Å². The summed E-state index contributed by atoms with van der Waals surface area (Å²) in [6.07, 6.45) is 0. The molecule has 116 valence electrons. The van der Waals surface area contributed by atoms with Crippen LogP contribution in [0.2, 0.25) is 0 Å². The monoisotopic (exact) mass is 351 g/mol. The molecule has 10 heteroatoms. The molecule has 0 aromatic heterocycles. The summed E-state index contributed by atoms with van der Waals surface area (Å²) in [6, 6.07) is 12.2. The first-order valence-corrected chi connectivity index (χ1v) is 8.36. The van der Waals surface area contributed by atoms with Gasteiger partial charge in [0.1, 0.15) is 10.1 Å². The normalized spacial score (nSPS) is 11.9. The zero-order valence-corrected chi connectivity index (χ0v) is 14.6. The van der Waals surface area contributed by atoms with E-state index in [1.54, 1.807) is 18.2 Å². The van der Waals surface area contributed by atoms with E-state index in [-0.39, 0.29) is 53.0 Å². The number of benzene rings is 3. The average molecular weight is 351 g/mol. The molecular weight excluding hydrogens is 342 g/mol. The van der Waals surface area contributed by atoms with Crippen molar-refractivity contribution in [2.45, 2.75) is 9.79 Å². The Hall–Kier alpha value is -0.645. The van der Waals surface area contributed by atoms with Crippen LogP contribution in [0.3, 0.4) is 0 Å². The minimum Gasteiger partial charge on any atom is -0.870 e. The maximum atomic E-state index is 11.0. The number of rotatable bonds is 2. The van der Waals surface area contributed by atoms with Gasteiger partial charge in [0, 0.05) is 4.90 Å². The maximum Gasteiger partial charge on any atom is 1.00 e. The summed E-state index contributed by atoms with van der Waals surface area (Å²) in [6.45, 7) is 0. The molecule has 0 saturated carbocycles. The molecule has 0 aliphatic carbocycles. The molecule has 0 heterocycles. The molecule has 3 aromatic carbocycles. The molecule has 1 N–H and O–H groups in total. The quantitative estimate of drug-likeness (QED) is 0.200. The van der Waals surface area contributed by atoms with Crippen LogP contribution in [-0.2, 0) is 21.2 Å². The van der Waals surface area contributed by atoms with Crippen LogP contribution in [0.25, 0.3) is 21.5 Å². The largest absolute Gasteiger partial charge is 1.00 e. The van der Waals surface area contributed by atoms with Crippen molar-refractivity contribution < 1.29 is 64.9 Å². The second-order valence-electron chi connectivity index (χ2n) is 4.56. The van der Waals surface area contributed by atoms with Crippen molar-refractivity contribution in [1.29, 1.82) is 0 Å². The van der Waals surface area contributed by atoms with Crippen molar-refractivity contribution in [3.63, 3.8) is 0 Å². The van der Waals surface area contributed by atoms with Crippen molar-refractivity contribution in [1.82, 2.24) is 0 Å². The maximum absolute atomic E-state index is 11.0. The zero-order valence-electron chi connectivity index (χ0n) is 12.9. The van der Waals surface area contributed by atoms with Gasteiger partial charge in [-0.15, -0.1) is 0 Å². The third kappa shape index (κ3) is 4.71. The predicted molar refractivity (Wildman–Crippen MR) is 78.5 cm³/mol. The van der Waals surface area contributed by atoms with Gasteiger partial charge in [-0.3, -0.25) is 4.21 Å². The van der Waals surface area contributed by atoms with Crippen molar-refractivity contribution in [2.24, 2.45) is 0 Å². The molecule has 6 nitrogen and oxygen atoms in total. The molecule has 1 unspecified atom stereocenters. The van der Waals surface area contributed by atoms with Gasteiger partial charge in [0.2, 0.25) is 0 Å². The van der Waals surface area contributed by atoms with Crippen molar-refractivity contribution >= 4 is 42.7 Å². The molecule has 3 rings (SSSR count). The van der Waals surface area contributed by atoms with E-state index in [4.69, 9.17) is 0 Å². The first-order chi connectivity index (χ1) is 9.84. The van der Waals surface area contributed by atoms with E-state index in [9.17, 15) is 21.7 Å². The summed E-state index contributed by atoms with van der Waals surface area (Å²) >= 11 is -2.33. The van der Waals surface area contributed by atoms with Crippen molar-refractivity contribution in [2.75, 3.05) is 0 Å². The summed E-state index contributed by atoms with van der Waals surface area (Å²) in [5, 5.41) is 2.82. The standard InChI is InChI=1S/C14H10O5S2.2Li.H2O/c15-20(16)13-3-1-9-5-10-2-4-14(21(17,18)19)8-12(10)6-11(9)7-13;;;/h1-8H,(H,15,16)(H,17,18,19);;;1H2/q;2*+1;/p-3. The molecule has 24 heavy (non-hydrogen) atoms. The SMILES string of the molecule is O=S([O-])c1ccc2cc3ccc(S(=O)(=O)[O-])cc3cc2c1.[Li+].[Li+].[OH-]. The van der Waals surface area contributed by atoms with Gasteiger partial charge in [0.15, 0.2) is 0 Å². The summed E-state index contributed by atoms with van der Waals surface area (Å²) < 4.78 is 55.1. The van der Waals surface area contributed by atoms with E-state index >= 15 is 0 Å². The fourth-order valence-electron chi connectivity index (χ4n) is 2.21. The van der Waals surface area contributed by atoms with Gasteiger partial charge >= 0.3 is 37.7 Å². The zero-order chi connectivity index (χ0) is 15.2. The Kier molecular flexibility index (Phi) is 8.41. The van der Waals surface area contributed by atoms with E-state index in [0.29, 0.717) is 10.8 Å². The van der Waals surface area contributed by atoms with Gasteiger partial charge in [0.25, 0.3) is 0 Å². The summed E-state index contributed by atoms with van der Waals surface area (Å²) in [5.74, 6) is 0. The number of hydrogen-bond acceptors (Lipinski definition) is 6. The molecule has 3 aromatic rings. The van der Waals surface area contributed by atoms with E-state index in [2.05, 4.69) is 0 Å². The molecule has 0 aliphatic rings. The predicted octanol–water partition coefficient (Wildman–Crippen LogP) is -4.03. The Bertz CT molecular complexity index is 1000. The van der Waals surface area contributed by atoms with Gasteiger partial charge in [-0.05, 0) is 69.0 Å². The van der Waals surface area contributed by atoms with Crippen LogP contribution in [0.4, 0.5) is 0 Å². The molecule has 0 bridgehead atoms. The van der Waals surface area contributed by atoms with E-state index in [1.165, 1.54) is 24.3 Å². The van der Waals surface area contributed by atoms with Crippen molar-refractivity contribution in [3.05, 3.63) is 48.5 Å². The molecule has 0 saturated heterocycles. The summed E-state index contributed by atoms with van der Waals surface area (Å²) in [7, 11) is -4.52. The minimum absolute atomic E-state index is 0. The van der Waals surface area contributed by atoms with Crippen molar-refractivity contribution in [3.8, 4) is 0 Å².